The van der Waals surface area contributed by atoms with Gasteiger partial charge < -0.3 is 14.6 Å². The third-order valence-corrected chi connectivity index (χ3v) is 2.74. The Balaban J connectivity index is 2.88. The van der Waals surface area contributed by atoms with Crippen molar-refractivity contribution in [2.24, 2.45) is 0 Å². The minimum Gasteiger partial charge on any atom is -0.493 e. The number of nitrogens with one attached hydrogen (secondary N) is 1. The first-order valence-electron chi connectivity index (χ1n) is 5.60. The fraction of sp³-hybridized carbons (Fsp3) is 0.462. The molecule has 0 radical (unpaired) electrons. The lowest BCUT2D eigenvalue weighted by Gasteiger charge is -2.22. The van der Waals surface area contributed by atoms with Crippen molar-refractivity contribution in [1.29, 1.82) is 0 Å². The number of carboxylic acid groups (broad SMARTS) is 1. The number of hydrogen-bond acceptors (Lipinski definition) is 4. The average Bonchev–Trinajstić information content (AvgIpc) is 2.35. The molecule has 0 fully saturated rings. The highest BCUT2D eigenvalue weighted by molar-refractivity contribution is 5.77. The van der Waals surface area contributed by atoms with E-state index in [0.717, 1.165) is 5.56 Å². The summed E-state index contributed by atoms with van der Waals surface area (Å²) in [5.74, 6) is 0.350. The van der Waals surface area contributed by atoms with Crippen LogP contribution in [-0.2, 0) is 11.3 Å². The van der Waals surface area contributed by atoms with Crippen molar-refractivity contribution in [3.8, 4) is 11.5 Å². The van der Waals surface area contributed by atoms with E-state index in [-0.39, 0.29) is 0 Å². The molecule has 0 atom stereocenters. The monoisotopic (exact) mass is 253 g/mol. The molecule has 0 unspecified atom stereocenters. The van der Waals surface area contributed by atoms with Gasteiger partial charge in [0.2, 0.25) is 0 Å². The van der Waals surface area contributed by atoms with E-state index in [1.807, 2.05) is 12.1 Å². The van der Waals surface area contributed by atoms with Crippen molar-refractivity contribution in [2.45, 2.75) is 25.9 Å². The van der Waals surface area contributed by atoms with Crippen molar-refractivity contribution in [3.05, 3.63) is 23.8 Å². The fourth-order valence-corrected chi connectivity index (χ4v) is 1.48. The van der Waals surface area contributed by atoms with Gasteiger partial charge in [0.25, 0.3) is 0 Å². The highest BCUT2D eigenvalue weighted by atomic mass is 16.5. The van der Waals surface area contributed by atoms with Gasteiger partial charge in [-0.2, -0.15) is 0 Å². The van der Waals surface area contributed by atoms with Crippen LogP contribution in [0.4, 0.5) is 0 Å². The summed E-state index contributed by atoms with van der Waals surface area (Å²) < 4.78 is 10.5. The first-order valence-corrected chi connectivity index (χ1v) is 5.60. The summed E-state index contributed by atoms with van der Waals surface area (Å²) in [6, 6.07) is 5.50. The lowest BCUT2D eigenvalue weighted by molar-refractivity contribution is -0.143. The van der Waals surface area contributed by atoms with Gasteiger partial charge in [0.05, 0.1) is 14.2 Å². The van der Waals surface area contributed by atoms with E-state index in [1.54, 1.807) is 34.1 Å². The van der Waals surface area contributed by atoms with Crippen molar-refractivity contribution in [1.82, 2.24) is 5.32 Å². The molecule has 2 N–H and O–H groups in total. The Morgan fingerprint density at radius 1 is 1.33 bits per heavy atom. The highest BCUT2D eigenvalue weighted by Gasteiger charge is 2.26. The second kappa shape index (κ2) is 5.73. The number of ether oxygens (including phenoxy) is 2. The topological polar surface area (TPSA) is 67.8 Å². The van der Waals surface area contributed by atoms with Crippen molar-refractivity contribution in [2.75, 3.05) is 14.2 Å². The Bertz CT molecular complexity index is 429. The van der Waals surface area contributed by atoms with Crippen LogP contribution < -0.4 is 14.8 Å². The van der Waals surface area contributed by atoms with E-state index in [0.29, 0.717) is 18.0 Å². The molecule has 0 bridgehead atoms. The van der Waals surface area contributed by atoms with Crippen LogP contribution in [0.1, 0.15) is 19.4 Å². The number of carboxylic acids is 1. The summed E-state index contributed by atoms with van der Waals surface area (Å²) in [5.41, 5.74) is -0.139. The lowest BCUT2D eigenvalue weighted by Crippen LogP contribution is -2.46. The van der Waals surface area contributed by atoms with Crippen molar-refractivity contribution >= 4 is 5.97 Å². The van der Waals surface area contributed by atoms with Crippen LogP contribution in [0.15, 0.2) is 18.2 Å². The minimum absolute atomic E-state index is 0.389. The van der Waals surface area contributed by atoms with Gasteiger partial charge in [0.15, 0.2) is 11.5 Å². The van der Waals surface area contributed by atoms with Crippen LogP contribution in [0.5, 0.6) is 11.5 Å². The van der Waals surface area contributed by atoms with E-state index in [2.05, 4.69) is 5.32 Å². The molecule has 100 valence electrons. The molecule has 0 aliphatic carbocycles. The molecular weight excluding hydrogens is 234 g/mol. The van der Waals surface area contributed by atoms with Crippen LogP contribution in [0, 0.1) is 0 Å². The fourth-order valence-electron chi connectivity index (χ4n) is 1.48. The predicted molar refractivity (Wildman–Crippen MR) is 68.1 cm³/mol. The first kappa shape index (κ1) is 14.3. The van der Waals surface area contributed by atoms with E-state index in [1.165, 1.54) is 0 Å². The molecule has 1 aromatic carbocycles. The second-order valence-electron chi connectivity index (χ2n) is 4.44. The predicted octanol–water partition coefficient (Wildman–Crippen LogP) is 1.66. The van der Waals surface area contributed by atoms with Gasteiger partial charge in [-0.05, 0) is 19.9 Å². The van der Waals surface area contributed by atoms with E-state index in [4.69, 9.17) is 14.6 Å². The standard InChI is InChI=1S/C13H19NO4/c1-13(2,12(15)16)14-8-9-6-5-7-10(17-3)11(9)18-4/h5-7,14H,8H2,1-4H3,(H,15,16). The number of para-hydroxylation sites is 1. The Morgan fingerprint density at radius 2 is 2.00 bits per heavy atom. The zero-order chi connectivity index (χ0) is 13.8. The van der Waals surface area contributed by atoms with Crippen LogP contribution in [0.3, 0.4) is 0 Å². The maximum Gasteiger partial charge on any atom is 0.323 e. The third-order valence-electron chi connectivity index (χ3n) is 2.74. The summed E-state index contributed by atoms with van der Waals surface area (Å²) in [6.45, 7) is 3.61. The van der Waals surface area contributed by atoms with Crippen LogP contribution in [0.25, 0.3) is 0 Å². The zero-order valence-corrected chi connectivity index (χ0v) is 11.1. The molecule has 18 heavy (non-hydrogen) atoms. The Labute approximate surface area is 107 Å². The number of hydrogen-bond donors (Lipinski definition) is 2. The second-order valence-corrected chi connectivity index (χ2v) is 4.44. The van der Waals surface area contributed by atoms with Crippen LogP contribution in [-0.4, -0.2) is 30.8 Å². The number of carbonyl (C=O) groups is 1. The number of aliphatic carboxylic acids is 1. The summed E-state index contributed by atoms with van der Waals surface area (Å²) in [5, 5.41) is 12.0. The molecule has 5 nitrogen and oxygen atoms in total. The summed E-state index contributed by atoms with van der Waals surface area (Å²) >= 11 is 0. The molecule has 0 saturated heterocycles. The van der Waals surface area contributed by atoms with Crippen LogP contribution in [0.2, 0.25) is 0 Å². The SMILES string of the molecule is COc1cccc(CNC(C)(C)C(=O)O)c1OC. The summed E-state index contributed by atoms with van der Waals surface area (Å²) in [4.78, 5) is 11.0. The van der Waals surface area contributed by atoms with E-state index in [9.17, 15) is 4.79 Å². The molecule has 0 saturated carbocycles. The molecule has 0 aliphatic heterocycles. The Hall–Kier alpha value is -1.75. The smallest absolute Gasteiger partial charge is 0.323 e. The third kappa shape index (κ3) is 3.13. The molecule has 0 aromatic heterocycles. The van der Waals surface area contributed by atoms with Crippen molar-refractivity contribution in [3.63, 3.8) is 0 Å². The summed E-state index contributed by atoms with van der Waals surface area (Å²) in [6.07, 6.45) is 0. The van der Waals surface area contributed by atoms with Gasteiger partial charge in [0.1, 0.15) is 5.54 Å². The number of rotatable bonds is 6. The largest absolute Gasteiger partial charge is 0.493 e. The maximum absolute atomic E-state index is 11.0. The normalized spacial score (nSPS) is 11.1. The zero-order valence-electron chi connectivity index (χ0n) is 11.1. The maximum atomic E-state index is 11.0. The number of benzene rings is 1. The Morgan fingerprint density at radius 3 is 2.50 bits per heavy atom. The molecule has 0 spiro atoms. The first-order chi connectivity index (χ1) is 8.42. The minimum atomic E-state index is -0.992. The van der Waals surface area contributed by atoms with Gasteiger partial charge >= 0.3 is 5.97 Å². The van der Waals surface area contributed by atoms with Gasteiger partial charge in [-0.15, -0.1) is 0 Å². The van der Waals surface area contributed by atoms with E-state index < -0.39 is 11.5 Å². The molecule has 1 rings (SSSR count). The van der Waals surface area contributed by atoms with E-state index >= 15 is 0 Å². The molecule has 0 amide bonds. The lowest BCUT2D eigenvalue weighted by atomic mass is 10.1. The van der Waals surface area contributed by atoms with Crippen LogP contribution >= 0.6 is 0 Å². The molecule has 1 aromatic rings. The van der Waals surface area contributed by atoms with Gasteiger partial charge in [-0.1, -0.05) is 12.1 Å². The molecule has 0 heterocycles. The molecule has 5 heteroatoms. The Kier molecular flexibility index (Phi) is 4.55. The van der Waals surface area contributed by atoms with Gasteiger partial charge in [-0.3, -0.25) is 10.1 Å². The van der Waals surface area contributed by atoms with Gasteiger partial charge in [0, 0.05) is 12.1 Å². The molecular formula is C13H19NO4. The highest BCUT2D eigenvalue weighted by Crippen LogP contribution is 2.30. The molecule has 0 aliphatic rings. The van der Waals surface area contributed by atoms with Gasteiger partial charge in [-0.25, -0.2) is 0 Å². The number of methoxy groups -OCH3 is 2. The summed E-state index contributed by atoms with van der Waals surface area (Å²) in [7, 11) is 3.12. The quantitative estimate of drug-likeness (QED) is 0.807. The van der Waals surface area contributed by atoms with Crippen molar-refractivity contribution < 1.29 is 19.4 Å². The average molecular weight is 253 g/mol.